The van der Waals surface area contributed by atoms with Crippen molar-refractivity contribution in [2.45, 2.75) is 25.2 Å². The first-order chi connectivity index (χ1) is 10.6. The number of fused-ring (bicyclic) bond motifs is 1. The summed E-state index contributed by atoms with van der Waals surface area (Å²) in [6.45, 7) is 8.83. The van der Waals surface area contributed by atoms with Crippen LogP contribution < -0.4 is 0 Å². The van der Waals surface area contributed by atoms with Crippen LogP contribution in [0.1, 0.15) is 16.9 Å². The van der Waals surface area contributed by atoms with Crippen LogP contribution >= 0.6 is 0 Å². The lowest BCUT2D eigenvalue weighted by Crippen LogP contribution is -2.33. The molecule has 3 aromatic rings. The Bertz CT molecular complexity index is 784. The van der Waals surface area contributed by atoms with Crippen LogP contribution in [0.2, 0.25) is 13.1 Å². The summed E-state index contributed by atoms with van der Waals surface area (Å²) in [4.78, 5) is 0. The molecule has 22 heavy (non-hydrogen) atoms. The van der Waals surface area contributed by atoms with Gasteiger partial charge >= 0.3 is 0 Å². The summed E-state index contributed by atoms with van der Waals surface area (Å²) in [6.07, 6.45) is 1.85. The van der Waals surface area contributed by atoms with Gasteiger partial charge in [-0.05, 0) is 24.2 Å². The van der Waals surface area contributed by atoms with Crippen molar-refractivity contribution >= 4 is 25.1 Å². The Balaban J connectivity index is 1.93. The van der Waals surface area contributed by atoms with Crippen LogP contribution in [0.4, 0.5) is 0 Å². The molecule has 0 saturated heterocycles. The number of hydrogen-bond donors (Lipinski definition) is 0. The van der Waals surface area contributed by atoms with Gasteiger partial charge in [-0.2, -0.15) is 0 Å². The van der Waals surface area contributed by atoms with E-state index in [1.807, 2.05) is 18.2 Å². The van der Waals surface area contributed by atoms with Gasteiger partial charge in [0.15, 0.2) is 0 Å². The van der Waals surface area contributed by atoms with Crippen molar-refractivity contribution in [1.29, 1.82) is 0 Å². The normalized spacial score (nSPS) is 11.7. The highest BCUT2D eigenvalue weighted by Crippen LogP contribution is 2.30. The summed E-state index contributed by atoms with van der Waals surface area (Å²) in [5.41, 5.74) is 3.74. The third-order valence-corrected chi connectivity index (χ3v) is 6.77. The average molecular weight is 306 g/mol. The largest absolute Gasteiger partial charge is 0.456 e. The van der Waals surface area contributed by atoms with E-state index in [0.717, 1.165) is 17.4 Å². The number of hydrogen-bond acceptors (Lipinski definition) is 1. The molecule has 0 aliphatic rings. The van der Waals surface area contributed by atoms with Gasteiger partial charge in [0, 0.05) is 10.9 Å². The standard InChI is InChI=1S/C20H22OSi/c1-4-19-18(17-12-8-9-13-20(17)21-19)15-22(2,3)14-16-10-6-5-7-11-16/h4-13H,1,14-15H2,2-3H3. The first-order valence-corrected chi connectivity index (χ1v) is 11.2. The van der Waals surface area contributed by atoms with Gasteiger partial charge in [-0.15, -0.1) is 0 Å². The van der Waals surface area contributed by atoms with Crippen molar-refractivity contribution in [2.24, 2.45) is 0 Å². The van der Waals surface area contributed by atoms with Crippen LogP contribution in [0.5, 0.6) is 0 Å². The van der Waals surface area contributed by atoms with Crippen LogP contribution in [-0.2, 0) is 12.1 Å². The van der Waals surface area contributed by atoms with Crippen LogP contribution in [0, 0.1) is 0 Å². The number of benzene rings is 2. The molecule has 0 amide bonds. The molecule has 0 saturated carbocycles. The third kappa shape index (κ3) is 3.07. The highest BCUT2D eigenvalue weighted by molar-refractivity contribution is 6.76. The molecule has 2 heteroatoms. The Hall–Kier alpha value is -2.06. The predicted octanol–water partition coefficient (Wildman–Crippen LogP) is 5.65. The van der Waals surface area contributed by atoms with E-state index in [4.69, 9.17) is 4.42 Å². The van der Waals surface area contributed by atoms with E-state index in [9.17, 15) is 0 Å². The van der Waals surface area contributed by atoms with Gasteiger partial charge in [0.25, 0.3) is 0 Å². The van der Waals surface area contributed by atoms with E-state index in [2.05, 4.69) is 62.1 Å². The summed E-state index contributed by atoms with van der Waals surface area (Å²) >= 11 is 0. The van der Waals surface area contributed by atoms with E-state index in [-0.39, 0.29) is 0 Å². The lowest BCUT2D eigenvalue weighted by Gasteiger charge is -2.22. The van der Waals surface area contributed by atoms with Crippen LogP contribution in [0.25, 0.3) is 17.0 Å². The minimum Gasteiger partial charge on any atom is -0.456 e. The number of furan rings is 1. The fraction of sp³-hybridized carbons (Fsp3) is 0.200. The molecule has 0 unspecified atom stereocenters. The lowest BCUT2D eigenvalue weighted by atomic mass is 10.1. The molecular formula is C20H22OSi. The molecule has 3 rings (SSSR count). The zero-order valence-corrected chi connectivity index (χ0v) is 14.3. The molecule has 0 aliphatic heterocycles. The van der Waals surface area contributed by atoms with Crippen LogP contribution in [0.3, 0.4) is 0 Å². The van der Waals surface area contributed by atoms with Gasteiger partial charge in [-0.3, -0.25) is 0 Å². The Labute approximate surface area is 133 Å². The molecule has 0 atom stereocenters. The molecule has 112 valence electrons. The maximum atomic E-state index is 5.95. The maximum absolute atomic E-state index is 5.95. The fourth-order valence-electron chi connectivity index (χ4n) is 3.15. The Morgan fingerprint density at radius 2 is 1.64 bits per heavy atom. The lowest BCUT2D eigenvalue weighted by molar-refractivity contribution is 0.600. The van der Waals surface area contributed by atoms with Gasteiger partial charge in [0.2, 0.25) is 0 Å². The third-order valence-electron chi connectivity index (χ3n) is 4.10. The summed E-state index contributed by atoms with van der Waals surface area (Å²) in [5, 5.41) is 1.24. The zero-order valence-electron chi connectivity index (χ0n) is 13.3. The van der Waals surface area contributed by atoms with Gasteiger partial charge in [-0.1, -0.05) is 73.8 Å². The minimum absolute atomic E-state index is 0.940. The van der Waals surface area contributed by atoms with Crippen molar-refractivity contribution in [2.75, 3.05) is 0 Å². The summed E-state index contributed by atoms with van der Waals surface area (Å²) < 4.78 is 5.95. The predicted molar refractivity (Wildman–Crippen MR) is 97.6 cm³/mol. The minimum atomic E-state index is -1.42. The Morgan fingerprint density at radius 3 is 2.36 bits per heavy atom. The fourth-order valence-corrected chi connectivity index (χ4v) is 5.94. The Morgan fingerprint density at radius 1 is 0.955 bits per heavy atom. The molecule has 0 N–H and O–H groups in total. The second-order valence-corrected chi connectivity index (χ2v) is 11.7. The monoisotopic (exact) mass is 306 g/mol. The highest BCUT2D eigenvalue weighted by Gasteiger charge is 2.25. The quantitative estimate of drug-likeness (QED) is 0.555. The zero-order chi connectivity index (χ0) is 15.6. The molecule has 0 spiro atoms. The molecule has 1 aromatic heterocycles. The van der Waals surface area contributed by atoms with Crippen LogP contribution in [0.15, 0.2) is 65.6 Å². The van der Waals surface area contributed by atoms with Crippen molar-refractivity contribution in [3.05, 3.63) is 78.1 Å². The van der Waals surface area contributed by atoms with E-state index >= 15 is 0 Å². The first-order valence-electron chi connectivity index (χ1n) is 7.76. The smallest absolute Gasteiger partial charge is 0.135 e. The molecular weight excluding hydrogens is 284 g/mol. The molecule has 1 nitrogen and oxygen atoms in total. The molecule has 0 fully saturated rings. The average Bonchev–Trinajstić information content (AvgIpc) is 2.85. The summed E-state index contributed by atoms with van der Waals surface area (Å²) in [5.74, 6) is 0.940. The van der Waals surface area contributed by atoms with E-state index in [1.165, 1.54) is 22.6 Å². The van der Waals surface area contributed by atoms with Gasteiger partial charge in [0.1, 0.15) is 11.3 Å². The van der Waals surface area contributed by atoms with Crippen molar-refractivity contribution in [3.8, 4) is 0 Å². The number of rotatable bonds is 5. The summed E-state index contributed by atoms with van der Waals surface area (Å²) in [6, 6.07) is 21.4. The number of para-hydroxylation sites is 1. The second kappa shape index (κ2) is 5.97. The second-order valence-electron chi connectivity index (χ2n) is 6.65. The topological polar surface area (TPSA) is 13.1 Å². The van der Waals surface area contributed by atoms with Crippen LogP contribution in [-0.4, -0.2) is 8.07 Å². The molecule has 0 bridgehead atoms. The molecule has 0 radical (unpaired) electrons. The summed E-state index contributed by atoms with van der Waals surface area (Å²) in [7, 11) is -1.42. The first kappa shape index (κ1) is 14.9. The van der Waals surface area contributed by atoms with E-state index < -0.39 is 8.07 Å². The van der Waals surface area contributed by atoms with E-state index in [1.54, 1.807) is 0 Å². The van der Waals surface area contributed by atoms with Crippen molar-refractivity contribution in [3.63, 3.8) is 0 Å². The SMILES string of the molecule is C=Cc1oc2ccccc2c1C[Si](C)(C)Cc1ccccc1. The molecule has 1 heterocycles. The van der Waals surface area contributed by atoms with E-state index in [0.29, 0.717) is 0 Å². The molecule has 0 aliphatic carbocycles. The Kier molecular flexibility index (Phi) is 4.03. The molecule has 2 aromatic carbocycles. The van der Waals surface area contributed by atoms with Gasteiger partial charge in [-0.25, -0.2) is 0 Å². The van der Waals surface area contributed by atoms with Crippen molar-refractivity contribution in [1.82, 2.24) is 0 Å². The maximum Gasteiger partial charge on any atom is 0.135 e. The van der Waals surface area contributed by atoms with Gasteiger partial charge < -0.3 is 4.42 Å². The van der Waals surface area contributed by atoms with Gasteiger partial charge in [0.05, 0.1) is 8.07 Å². The van der Waals surface area contributed by atoms with Crippen molar-refractivity contribution < 1.29 is 4.42 Å². The highest BCUT2D eigenvalue weighted by atomic mass is 28.3.